The van der Waals surface area contributed by atoms with E-state index in [0.29, 0.717) is 11.0 Å². The summed E-state index contributed by atoms with van der Waals surface area (Å²) in [5.41, 5.74) is 0.908. The fraction of sp³-hybridized carbons (Fsp3) is 0.333. The molecule has 92 valence electrons. The van der Waals surface area contributed by atoms with Crippen molar-refractivity contribution in [3.63, 3.8) is 0 Å². The standard InChI is InChI=1S/C9H11N3O3S2/c1-6(13)5-10-17(14,15)8-4-2-3-7-9(8)12-16-11-7/h2-4,6,10,13H,5H2,1H3. The molecule has 2 aromatic rings. The van der Waals surface area contributed by atoms with Crippen molar-refractivity contribution in [2.24, 2.45) is 0 Å². The Morgan fingerprint density at radius 2 is 2.24 bits per heavy atom. The van der Waals surface area contributed by atoms with Crippen LogP contribution >= 0.6 is 11.7 Å². The molecule has 0 fully saturated rings. The van der Waals surface area contributed by atoms with Crippen LogP contribution in [0.2, 0.25) is 0 Å². The third-order valence-electron chi connectivity index (χ3n) is 2.11. The molecule has 0 radical (unpaired) electrons. The van der Waals surface area contributed by atoms with Crippen molar-refractivity contribution in [2.75, 3.05) is 6.54 Å². The van der Waals surface area contributed by atoms with E-state index in [-0.39, 0.29) is 11.4 Å². The number of aromatic nitrogens is 2. The van der Waals surface area contributed by atoms with E-state index < -0.39 is 16.1 Å². The largest absolute Gasteiger partial charge is 0.392 e. The molecule has 1 heterocycles. The van der Waals surface area contributed by atoms with Crippen molar-refractivity contribution in [2.45, 2.75) is 17.9 Å². The quantitative estimate of drug-likeness (QED) is 0.838. The van der Waals surface area contributed by atoms with Crippen LogP contribution in [0.15, 0.2) is 23.1 Å². The van der Waals surface area contributed by atoms with Crippen LogP contribution in [0.1, 0.15) is 6.92 Å². The zero-order valence-electron chi connectivity index (χ0n) is 8.99. The molecule has 0 bridgehead atoms. The van der Waals surface area contributed by atoms with Gasteiger partial charge >= 0.3 is 0 Å². The van der Waals surface area contributed by atoms with E-state index in [4.69, 9.17) is 5.11 Å². The molecular formula is C9H11N3O3S2. The fourth-order valence-electron chi connectivity index (χ4n) is 1.31. The molecule has 6 nitrogen and oxygen atoms in total. The van der Waals surface area contributed by atoms with E-state index in [1.165, 1.54) is 13.0 Å². The molecule has 0 amide bonds. The Morgan fingerprint density at radius 1 is 1.47 bits per heavy atom. The van der Waals surface area contributed by atoms with E-state index in [1.54, 1.807) is 12.1 Å². The predicted molar refractivity (Wildman–Crippen MR) is 64.3 cm³/mol. The van der Waals surface area contributed by atoms with Crippen LogP contribution in [0.4, 0.5) is 0 Å². The normalized spacial score (nSPS) is 14.0. The van der Waals surface area contributed by atoms with Crippen molar-refractivity contribution in [3.05, 3.63) is 18.2 Å². The molecule has 17 heavy (non-hydrogen) atoms. The van der Waals surface area contributed by atoms with Gasteiger partial charge in [0.15, 0.2) is 0 Å². The number of benzene rings is 1. The molecule has 0 saturated carbocycles. The first-order valence-corrected chi connectivity index (χ1v) is 7.11. The number of nitrogens with one attached hydrogen (secondary N) is 1. The summed E-state index contributed by atoms with van der Waals surface area (Å²) in [6, 6.07) is 4.78. The molecule has 1 unspecified atom stereocenters. The maximum Gasteiger partial charge on any atom is 0.242 e. The van der Waals surface area contributed by atoms with Gasteiger partial charge in [0.05, 0.1) is 17.8 Å². The number of sulfonamides is 1. The van der Waals surface area contributed by atoms with Crippen LogP contribution in [0, 0.1) is 0 Å². The maximum atomic E-state index is 12.0. The van der Waals surface area contributed by atoms with Crippen molar-refractivity contribution in [1.29, 1.82) is 0 Å². The number of nitrogens with zero attached hydrogens (tertiary/aromatic N) is 2. The zero-order valence-corrected chi connectivity index (χ0v) is 10.6. The third-order valence-corrected chi connectivity index (χ3v) is 4.11. The third kappa shape index (κ3) is 2.60. The summed E-state index contributed by atoms with van der Waals surface area (Å²) in [4.78, 5) is 0.0874. The Hall–Kier alpha value is -1.09. The highest BCUT2D eigenvalue weighted by molar-refractivity contribution is 7.89. The molecule has 0 aliphatic rings. The molecule has 2 rings (SSSR count). The second kappa shape index (κ2) is 4.65. The molecule has 0 spiro atoms. The predicted octanol–water partition coefficient (Wildman–Crippen LogP) is 0.350. The van der Waals surface area contributed by atoms with Gasteiger partial charge in [-0.25, -0.2) is 13.1 Å². The summed E-state index contributed by atoms with van der Waals surface area (Å²) in [6.45, 7) is 1.48. The van der Waals surface area contributed by atoms with Gasteiger partial charge in [-0.2, -0.15) is 8.75 Å². The average molecular weight is 273 g/mol. The summed E-state index contributed by atoms with van der Waals surface area (Å²) >= 11 is 0.966. The first-order valence-electron chi connectivity index (χ1n) is 4.90. The van der Waals surface area contributed by atoms with E-state index in [2.05, 4.69) is 13.5 Å². The highest BCUT2D eigenvalue weighted by Gasteiger charge is 2.19. The minimum atomic E-state index is -3.66. The Morgan fingerprint density at radius 3 is 2.94 bits per heavy atom. The molecule has 0 aliphatic heterocycles. The van der Waals surface area contributed by atoms with Gasteiger partial charge < -0.3 is 5.11 Å². The highest BCUT2D eigenvalue weighted by atomic mass is 32.2. The molecule has 1 atom stereocenters. The first kappa shape index (κ1) is 12.4. The van der Waals surface area contributed by atoms with Crippen molar-refractivity contribution >= 4 is 32.8 Å². The number of rotatable bonds is 4. The Balaban J connectivity index is 2.42. The highest BCUT2D eigenvalue weighted by Crippen LogP contribution is 2.20. The van der Waals surface area contributed by atoms with Crippen LogP contribution in [0.3, 0.4) is 0 Å². The molecule has 0 aliphatic carbocycles. The van der Waals surface area contributed by atoms with Gasteiger partial charge in [-0.05, 0) is 19.1 Å². The van der Waals surface area contributed by atoms with Gasteiger partial charge in [0, 0.05) is 6.54 Å². The lowest BCUT2D eigenvalue weighted by atomic mass is 10.3. The molecular weight excluding hydrogens is 262 g/mol. The maximum absolute atomic E-state index is 12.0. The van der Waals surface area contributed by atoms with Crippen molar-refractivity contribution < 1.29 is 13.5 Å². The topological polar surface area (TPSA) is 92.2 Å². The van der Waals surface area contributed by atoms with Crippen LogP contribution in [0.5, 0.6) is 0 Å². The van der Waals surface area contributed by atoms with Crippen molar-refractivity contribution in [1.82, 2.24) is 13.5 Å². The molecule has 1 aromatic heterocycles. The molecule has 0 saturated heterocycles. The minimum absolute atomic E-state index is 0.0315. The van der Waals surface area contributed by atoms with Crippen LogP contribution in [-0.4, -0.2) is 34.9 Å². The fourth-order valence-corrected chi connectivity index (χ4v) is 3.19. The second-order valence-electron chi connectivity index (χ2n) is 3.59. The number of hydrogen-bond acceptors (Lipinski definition) is 6. The summed E-state index contributed by atoms with van der Waals surface area (Å²) in [5.74, 6) is 0. The Bertz CT molecular complexity index is 621. The summed E-state index contributed by atoms with van der Waals surface area (Å²) in [7, 11) is -3.66. The van der Waals surface area contributed by atoms with Crippen LogP contribution in [0.25, 0.3) is 11.0 Å². The lowest BCUT2D eigenvalue weighted by Crippen LogP contribution is -2.30. The summed E-state index contributed by atoms with van der Waals surface area (Å²) < 4.78 is 34.2. The number of hydrogen-bond donors (Lipinski definition) is 2. The zero-order chi connectivity index (χ0) is 12.5. The van der Waals surface area contributed by atoms with Crippen LogP contribution < -0.4 is 4.72 Å². The summed E-state index contributed by atoms with van der Waals surface area (Å²) in [6.07, 6.45) is -0.738. The van der Waals surface area contributed by atoms with Gasteiger partial charge in [-0.1, -0.05) is 6.07 Å². The second-order valence-corrected chi connectivity index (χ2v) is 5.85. The van der Waals surface area contributed by atoms with Gasteiger partial charge in [-0.15, -0.1) is 0 Å². The van der Waals surface area contributed by atoms with E-state index >= 15 is 0 Å². The molecule has 1 aromatic carbocycles. The smallest absolute Gasteiger partial charge is 0.242 e. The number of aliphatic hydroxyl groups is 1. The van der Waals surface area contributed by atoms with Crippen molar-refractivity contribution in [3.8, 4) is 0 Å². The van der Waals surface area contributed by atoms with Gasteiger partial charge in [0.1, 0.15) is 15.9 Å². The van der Waals surface area contributed by atoms with E-state index in [0.717, 1.165) is 11.7 Å². The van der Waals surface area contributed by atoms with Gasteiger partial charge in [0.25, 0.3) is 0 Å². The van der Waals surface area contributed by atoms with Crippen LogP contribution in [-0.2, 0) is 10.0 Å². The van der Waals surface area contributed by atoms with Gasteiger partial charge in [-0.3, -0.25) is 0 Å². The first-order chi connectivity index (χ1) is 8.00. The number of aliphatic hydroxyl groups excluding tert-OH is 1. The lowest BCUT2D eigenvalue weighted by Gasteiger charge is -2.08. The number of fused-ring (bicyclic) bond motifs is 1. The van der Waals surface area contributed by atoms with E-state index in [9.17, 15) is 8.42 Å². The summed E-state index contributed by atoms with van der Waals surface area (Å²) in [5, 5.41) is 9.08. The average Bonchev–Trinajstić information content (AvgIpc) is 2.74. The Kier molecular flexibility index (Phi) is 3.38. The van der Waals surface area contributed by atoms with Gasteiger partial charge in [0.2, 0.25) is 10.0 Å². The monoisotopic (exact) mass is 273 g/mol. The minimum Gasteiger partial charge on any atom is -0.392 e. The van der Waals surface area contributed by atoms with E-state index in [1.807, 2.05) is 0 Å². The molecule has 8 heteroatoms. The Labute approximate surface area is 103 Å². The lowest BCUT2D eigenvalue weighted by molar-refractivity contribution is 0.198. The molecule has 2 N–H and O–H groups in total. The SMILES string of the molecule is CC(O)CNS(=O)(=O)c1cccc2nsnc12.